The van der Waals surface area contributed by atoms with E-state index in [0.717, 1.165) is 12.8 Å². The normalized spacial score (nSPS) is 17.0. The number of rotatable bonds is 5. The lowest BCUT2D eigenvalue weighted by Crippen LogP contribution is -2.42. The van der Waals surface area contributed by atoms with Gasteiger partial charge in [-0.2, -0.15) is 8.78 Å². The van der Waals surface area contributed by atoms with E-state index in [1.54, 1.807) is 13.1 Å². The summed E-state index contributed by atoms with van der Waals surface area (Å²) >= 11 is 0. The summed E-state index contributed by atoms with van der Waals surface area (Å²) in [6.45, 7) is -2.79. The van der Waals surface area contributed by atoms with Crippen LogP contribution in [0.25, 0.3) is 0 Å². The SMILES string of the molecule is CN(CC1(O)CCCC1)C(=O)c1ccccc1OC(F)F. The molecule has 1 fully saturated rings. The Morgan fingerprint density at radius 1 is 1.38 bits per heavy atom. The zero-order valence-corrected chi connectivity index (χ0v) is 11.9. The van der Waals surface area contributed by atoms with Crippen LogP contribution in [0.2, 0.25) is 0 Å². The minimum absolute atomic E-state index is 0.0712. The summed E-state index contributed by atoms with van der Waals surface area (Å²) in [7, 11) is 1.55. The van der Waals surface area contributed by atoms with E-state index in [9.17, 15) is 18.7 Å². The lowest BCUT2D eigenvalue weighted by molar-refractivity contribution is -0.0504. The van der Waals surface area contributed by atoms with Crippen LogP contribution in [0.5, 0.6) is 5.75 Å². The summed E-state index contributed by atoms with van der Waals surface area (Å²) in [5, 5.41) is 10.3. The first-order valence-corrected chi connectivity index (χ1v) is 6.93. The molecule has 1 aliphatic rings. The highest BCUT2D eigenvalue weighted by Gasteiger charge is 2.34. The van der Waals surface area contributed by atoms with E-state index < -0.39 is 18.1 Å². The first-order valence-electron chi connectivity index (χ1n) is 6.93. The van der Waals surface area contributed by atoms with E-state index in [1.807, 2.05) is 0 Å². The largest absolute Gasteiger partial charge is 0.434 e. The molecule has 1 aromatic rings. The monoisotopic (exact) mass is 299 g/mol. The van der Waals surface area contributed by atoms with Gasteiger partial charge >= 0.3 is 6.61 Å². The zero-order valence-electron chi connectivity index (χ0n) is 11.9. The van der Waals surface area contributed by atoms with Crippen molar-refractivity contribution in [2.75, 3.05) is 13.6 Å². The Morgan fingerprint density at radius 2 is 2.00 bits per heavy atom. The molecule has 0 atom stereocenters. The molecule has 1 aromatic carbocycles. The number of para-hydroxylation sites is 1. The smallest absolute Gasteiger partial charge is 0.387 e. The maximum Gasteiger partial charge on any atom is 0.387 e. The van der Waals surface area contributed by atoms with Crippen molar-refractivity contribution in [1.82, 2.24) is 4.90 Å². The fraction of sp³-hybridized carbons (Fsp3) is 0.533. The Balaban J connectivity index is 2.12. The molecule has 116 valence electrons. The van der Waals surface area contributed by atoms with Crippen LogP contribution < -0.4 is 4.74 Å². The average Bonchev–Trinajstić information content (AvgIpc) is 2.84. The second-order valence-electron chi connectivity index (χ2n) is 5.47. The van der Waals surface area contributed by atoms with Crippen molar-refractivity contribution in [3.8, 4) is 5.75 Å². The highest BCUT2D eigenvalue weighted by molar-refractivity contribution is 5.96. The molecular formula is C15H19F2NO3. The number of carbonyl (C=O) groups excluding carboxylic acids is 1. The first kappa shape index (κ1) is 15.7. The Morgan fingerprint density at radius 3 is 2.62 bits per heavy atom. The van der Waals surface area contributed by atoms with Crippen LogP contribution in [-0.2, 0) is 0 Å². The van der Waals surface area contributed by atoms with Gasteiger partial charge in [-0.15, -0.1) is 0 Å². The third-order valence-electron chi connectivity index (χ3n) is 3.75. The molecule has 0 aliphatic heterocycles. The summed E-state index contributed by atoms with van der Waals surface area (Å²) in [6, 6.07) is 5.88. The standard InChI is InChI=1S/C15H19F2NO3/c1-18(10-15(20)8-4-5-9-15)13(19)11-6-2-3-7-12(11)21-14(16)17/h2-3,6-7,14,20H,4-5,8-10H2,1H3. The number of ether oxygens (including phenoxy) is 1. The Bertz CT molecular complexity index is 501. The van der Waals surface area contributed by atoms with E-state index in [-0.39, 0.29) is 17.9 Å². The van der Waals surface area contributed by atoms with E-state index >= 15 is 0 Å². The average molecular weight is 299 g/mol. The van der Waals surface area contributed by atoms with E-state index in [1.165, 1.54) is 23.1 Å². The van der Waals surface area contributed by atoms with Gasteiger partial charge in [-0.3, -0.25) is 4.79 Å². The summed E-state index contributed by atoms with van der Waals surface area (Å²) < 4.78 is 29.1. The summed E-state index contributed by atoms with van der Waals surface area (Å²) in [4.78, 5) is 13.7. The number of nitrogens with zero attached hydrogens (tertiary/aromatic N) is 1. The topological polar surface area (TPSA) is 49.8 Å². The van der Waals surface area contributed by atoms with Gasteiger partial charge < -0.3 is 14.7 Å². The van der Waals surface area contributed by atoms with Crippen LogP contribution in [0.1, 0.15) is 36.0 Å². The van der Waals surface area contributed by atoms with Crippen LogP contribution in [0, 0.1) is 0 Å². The number of carbonyl (C=O) groups is 1. The van der Waals surface area contributed by atoms with Crippen molar-refractivity contribution in [2.45, 2.75) is 37.9 Å². The molecule has 1 N–H and O–H groups in total. The minimum Gasteiger partial charge on any atom is -0.434 e. The van der Waals surface area contributed by atoms with Gasteiger partial charge in [0.25, 0.3) is 5.91 Å². The lowest BCUT2D eigenvalue weighted by atomic mass is 10.0. The molecule has 0 bridgehead atoms. The third kappa shape index (κ3) is 3.91. The van der Waals surface area contributed by atoms with Gasteiger partial charge in [-0.05, 0) is 25.0 Å². The fourth-order valence-electron chi connectivity index (χ4n) is 2.75. The van der Waals surface area contributed by atoms with Crippen LogP contribution in [0.15, 0.2) is 24.3 Å². The van der Waals surface area contributed by atoms with Gasteiger partial charge in [0.1, 0.15) is 5.75 Å². The van der Waals surface area contributed by atoms with Crippen molar-refractivity contribution < 1.29 is 23.4 Å². The van der Waals surface area contributed by atoms with Crippen LogP contribution in [-0.4, -0.2) is 41.7 Å². The molecule has 0 unspecified atom stereocenters. The number of benzene rings is 1. The quantitative estimate of drug-likeness (QED) is 0.909. The van der Waals surface area contributed by atoms with E-state index in [2.05, 4.69) is 4.74 Å². The second-order valence-corrected chi connectivity index (χ2v) is 5.47. The molecule has 21 heavy (non-hydrogen) atoms. The maximum absolute atomic E-state index is 12.4. The van der Waals surface area contributed by atoms with Crippen molar-refractivity contribution in [3.05, 3.63) is 29.8 Å². The fourth-order valence-corrected chi connectivity index (χ4v) is 2.75. The van der Waals surface area contributed by atoms with Crippen molar-refractivity contribution in [1.29, 1.82) is 0 Å². The predicted octanol–water partition coefficient (Wildman–Crippen LogP) is 2.67. The number of aliphatic hydroxyl groups is 1. The minimum atomic E-state index is -2.98. The van der Waals surface area contributed by atoms with Gasteiger partial charge in [0.15, 0.2) is 0 Å². The molecule has 0 aromatic heterocycles. The van der Waals surface area contributed by atoms with Gasteiger partial charge in [0, 0.05) is 13.6 Å². The lowest BCUT2D eigenvalue weighted by Gasteiger charge is -2.29. The predicted molar refractivity (Wildman–Crippen MR) is 73.5 cm³/mol. The number of likely N-dealkylation sites (N-methyl/N-ethyl adjacent to an activating group) is 1. The molecule has 0 heterocycles. The van der Waals surface area contributed by atoms with Crippen molar-refractivity contribution >= 4 is 5.91 Å². The number of amides is 1. The molecule has 6 heteroatoms. The molecule has 1 amide bonds. The highest BCUT2D eigenvalue weighted by atomic mass is 19.3. The second kappa shape index (κ2) is 6.39. The van der Waals surface area contributed by atoms with Gasteiger partial charge in [0.2, 0.25) is 0 Å². The number of hydrogen-bond donors (Lipinski definition) is 1. The Hall–Kier alpha value is -1.69. The van der Waals surface area contributed by atoms with Crippen molar-refractivity contribution in [3.63, 3.8) is 0 Å². The van der Waals surface area contributed by atoms with Crippen LogP contribution >= 0.6 is 0 Å². The van der Waals surface area contributed by atoms with Gasteiger partial charge in [0.05, 0.1) is 11.2 Å². The van der Waals surface area contributed by atoms with Gasteiger partial charge in [-0.1, -0.05) is 25.0 Å². The number of hydrogen-bond acceptors (Lipinski definition) is 3. The van der Waals surface area contributed by atoms with Gasteiger partial charge in [-0.25, -0.2) is 0 Å². The molecule has 0 spiro atoms. The van der Waals surface area contributed by atoms with E-state index in [0.29, 0.717) is 12.8 Å². The molecule has 2 rings (SSSR count). The summed E-state index contributed by atoms with van der Waals surface area (Å²) in [6.07, 6.45) is 3.17. The molecule has 0 saturated heterocycles. The first-order chi connectivity index (χ1) is 9.91. The third-order valence-corrected chi connectivity index (χ3v) is 3.75. The molecule has 1 saturated carbocycles. The summed E-state index contributed by atoms with van der Waals surface area (Å²) in [5.74, 6) is -0.589. The van der Waals surface area contributed by atoms with Crippen LogP contribution in [0.3, 0.4) is 0 Å². The highest BCUT2D eigenvalue weighted by Crippen LogP contribution is 2.30. The molecule has 4 nitrogen and oxygen atoms in total. The Kier molecular flexibility index (Phi) is 4.77. The molecular weight excluding hydrogens is 280 g/mol. The van der Waals surface area contributed by atoms with E-state index in [4.69, 9.17) is 0 Å². The maximum atomic E-state index is 12.4. The molecule has 0 radical (unpaired) electrons. The summed E-state index contributed by atoms with van der Waals surface area (Å²) in [5.41, 5.74) is -0.801. The number of halogens is 2. The Labute approximate surface area is 122 Å². The zero-order chi connectivity index (χ0) is 15.5. The van der Waals surface area contributed by atoms with Crippen LogP contribution in [0.4, 0.5) is 8.78 Å². The molecule has 1 aliphatic carbocycles. The number of alkyl halides is 2. The van der Waals surface area contributed by atoms with Crippen molar-refractivity contribution in [2.24, 2.45) is 0 Å².